The van der Waals surface area contributed by atoms with E-state index in [-0.39, 0.29) is 6.04 Å². The van der Waals surface area contributed by atoms with E-state index in [4.69, 9.17) is 5.73 Å². The van der Waals surface area contributed by atoms with E-state index in [0.29, 0.717) is 11.3 Å². The van der Waals surface area contributed by atoms with Gasteiger partial charge in [-0.2, -0.15) is 5.10 Å². The summed E-state index contributed by atoms with van der Waals surface area (Å²) in [5.74, 6) is 0.613. The van der Waals surface area contributed by atoms with Gasteiger partial charge >= 0.3 is 0 Å². The van der Waals surface area contributed by atoms with Gasteiger partial charge in [0.05, 0.1) is 11.7 Å². The van der Waals surface area contributed by atoms with Crippen LogP contribution in [-0.2, 0) is 7.05 Å². The van der Waals surface area contributed by atoms with Crippen LogP contribution in [0.4, 0.5) is 0 Å². The topological polar surface area (TPSA) is 43.8 Å². The van der Waals surface area contributed by atoms with Crippen LogP contribution in [0.2, 0.25) is 0 Å². The van der Waals surface area contributed by atoms with E-state index in [1.54, 1.807) is 0 Å². The summed E-state index contributed by atoms with van der Waals surface area (Å²) in [6.07, 6.45) is 3.18. The van der Waals surface area contributed by atoms with Gasteiger partial charge in [0.15, 0.2) is 0 Å². The van der Waals surface area contributed by atoms with Crippen LogP contribution in [-0.4, -0.2) is 9.78 Å². The Labute approximate surface area is 78.9 Å². The van der Waals surface area contributed by atoms with Crippen molar-refractivity contribution in [3.63, 3.8) is 0 Å². The third-order valence-corrected chi connectivity index (χ3v) is 3.10. The second kappa shape index (κ2) is 2.58. The van der Waals surface area contributed by atoms with Crippen LogP contribution in [0.1, 0.15) is 32.0 Å². The lowest BCUT2D eigenvalue weighted by Crippen LogP contribution is -2.16. The molecule has 3 heteroatoms. The van der Waals surface area contributed by atoms with E-state index in [1.165, 1.54) is 6.42 Å². The SMILES string of the molecule is Cn1ccc(C(N)C2CC2(C)C)n1. The molecule has 2 N–H and O–H groups in total. The quantitative estimate of drug-likeness (QED) is 0.747. The molecule has 1 aliphatic rings. The van der Waals surface area contributed by atoms with Crippen LogP contribution in [0.3, 0.4) is 0 Å². The first kappa shape index (κ1) is 8.75. The van der Waals surface area contributed by atoms with Crippen LogP contribution in [0.15, 0.2) is 12.3 Å². The lowest BCUT2D eigenvalue weighted by molar-refractivity contribution is 0.480. The fourth-order valence-electron chi connectivity index (χ4n) is 1.94. The maximum absolute atomic E-state index is 6.11. The zero-order valence-corrected chi connectivity index (χ0v) is 8.49. The smallest absolute Gasteiger partial charge is 0.0794 e. The van der Waals surface area contributed by atoms with Gasteiger partial charge in [0.2, 0.25) is 0 Å². The third-order valence-electron chi connectivity index (χ3n) is 3.10. The molecule has 2 rings (SSSR count). The fraction of sp³-hybridized carbons (Fsp3) is 0.700. The summed E-state index contributed by atoms with van der Waals surface area (Å²) in [7, 11) is 1.92. The van der Waals surface area contributed by atoms with Gasteiger partial charge < -0.3 is 5.73 Å². The molecule has 1 aliphatic carbocycles. The van der Waals surface area contributed by atoms with Crippen molar-refractivity contribution in [1.29, 1.82) is 0 Å². The van der Waals surface area contributed by atoms with Gasteiger partial charge in [0, 0.05) is 13.2 Å². The van der Waals surface area contributed by atoms with E-state index in [0.717, 1.165) is 5.69 Å². The van der Waals surface area contributed by atoms with E-state index < -0.39 is 0 Å². The highest BCUT2D eigenvalue weighted by Crippen LogP contribution is 2.56. The summed E-state index contributed by atoms with van der Waals surface area (Å²) in [5.41, 5.74) is 7.57. The van der Waals surface area contributed by atoms with Crippen molar-refractivity contribution in [2.75, 3.05) is 0 Å². The number of hydrogen-bond acceptors (Lipinski definition) is 2. The number of aryl methyl sites for hydroxylation is 1. The number of hydrogen-bond donors (Lipinski definition) is 1. The largest absolute Gasteiger partial charge is 0.322 e. The van der Waals surface area contributed by atoms with Gasteiger partial charge in [-0.15, -0.1) is 0 Å². The molecule has 0 saturated heterocycles. The van der Waals surface area contributed by atoms with Gasteiger partial charge in [-0.25, -0.2) is 0 Å². The Bertz CT molecular complexity index is 314. The number of rotatable bonds is 2. The van der Waals surface area contributed by atoms with Crippen molar-refractivity contribution in [1.82, 2.24) is 9.78 Å². The summed E-state index contributed by atoms with van der Waals surface area (Å²) < 4.78 is 1.81. The van der Waals surface area contributed by atoms with Crippen molar-refractivity contribution in [2.45, 2.75) is 26.3 Å². The van der Waals surface area contributed by atoms with Crippen LogP contribution >= 0.6 is 0 Å². The van der Waals surface area contributed by atoms with Crippen molar-refractivity contribution in [2.24, 2.45) is 24.1 Å². The molecule has 1 heterocycles. The van der Waals surface area contributed by atoms with Crippen molar-refractivity contribution in [3.8, 4) is 0 Å². The number of aromatic nitrogens is 2. The molecular formula is C10H17N3. The minimum absolute atomic E-state index is 0.121. The first-order chi connectivity index (χ1) is 6.00. The first-order valence-electron chi connectivity index (χ1n) is 4.76. The van der Waals surface area contributed by atoms with Crippen LogP contribution in [0, 0.1) is 11.3 Å². The maximum Gasteiger partial charge on any atom is 0.0794 e. The average Bonchev–Trinajstić information content (AvgIpc) is 2.47. The van der Waals surface area contributed by atoms with Gasteiger partial charge in [-0.3, -0.25) is 4.68 Å². The Hall–Kier alpha value is -0.830. The molecule has 1 aromatic rings. The third kappa shape index (κ3) is 1.48. The molecule has 3 nitrogen and oxygen atoms in total. The lowest BCUT2D eigenvalue weighted by atomic mass is 10.0. The molecule has 1 saturated carbocycles. The summed E-state index contributed by atoms with van der Waals surface area (Å²) >= 11 is 0. The zero-order chi connectivity index (χ0) is 9.64. The minimum Gasteiger partial charge on any atom is -0.322 e. The molecule has 0 radical (unpaired) electrons. The molecule has 72 valence electrons. The van der Waals surface area contributed by atoms with Gasteiger partial charge in [-0.1, -0.05) is 13.8 Å². The Balaban J connectivity index is 2.11. The summed E-state index contributed by atoms with van der Waals surface area (Å²) in [4.78, 5) is 0. The van der Waals surface area contributed by atoms with E-state index in [2.05, 4.69) is 18.9 Å². The molecule has 1 aromatic heterocycles. The monoisotopic (exact) mass is 179 g/mol. The molecule has 2 unspecified atom stereocenters. The van der Waals surface area contributed by atoms with Crippen molar-refractivity contribution < 1.29 is 0 Å². The first-order valence-corrected chi connectivity index (χ1v) is 4.76. The fourth-order valence-corrected chi connectivity index (χ4v) is 1.94. The van der Waals surface area contributed by atoms with Gasteiger partial charge in [0.25, 0.3) is 0 Å². The Kier molecular flexibility index (Phi) is 1.74. The highest BCUT2D eigenvalue weighted by Gasteiger charge is 2.49. The minimum atomic E-state index is 0.121. The molecule has 2 atom stereocenters. The molecule has 0 spiro atoms. The molecular weight excluding hydrogens is 162 g/mol. The summed E-state index contributed by atoms with van der Waals surface area (Å²) in [6.45, 7) is 4.53. The Morgan fingerprint density at radius 1 is 1.69 bits per heavy atom. The predicted molar refractivity (Wildman–Crippen MR) is 52.0 cm³/mol. The molecule has 0 aromatic carbocycles. The Morgan fingerprint density at radius 2 is 2.31 bits per heavy atom. The summed E-state index contributed by atoms with van der Waals surface area (Å²) in [6, 6.07) is 2.13. The zero-order valence-electron chi connectivity index (χ0n) is 8.49. The Morgan fingerprint density at radius 3 is 2.69 bits per heavy atom. The predicted octanol–water partition coefficient (Wildman–Crippen LogP) is 1.47. The van der Waals surface area contributed by atoms with Crippen molar-refractivity contribution in [3.05, 3.63) is 18.0 Å². The van der Waals surface area contributed by atoms with E-state index in [9.17, 15) is 0 Å². The molecule has 0 amide bonds. The maximum atomic E-state index is 6.11. The number of nitrogens with zero attached hydrogens (tertiary/aromatic N) is 2. The van der Waals surface area contributed by atoms with E-state index >= 15 is 0 Å². The van der Waals surface area contributed by atoms with E-state index in [1.807, 2.05) is 24.0 Å². The average molecular weight is 179 g/mol. The lowest BCUT2D eigenvalue weighted by Gasteiger charge is -2.10. The molecule has 0 bridgehead atoms. The highest BCUT2D eigenvalue weighted by molar-refractivity contribution is 5.13. The second-order valence-electron chi connectivity index (χ2n) is 4.74. The van der Waals surface area contributed by atoms with Crippen molar-refractivity contribution >= 4 is 0 Å². The number of nitrogens with two attached hydrogens (primary N) is 1. The normalized spacial score (nSPS) is 27.2. The second-order valence-corrected chi connectivity index (χ2v) is 4.74. The molecule has 1 fully saturated rings. The van der Waals surface area contributed by atoms with Crippen LogP contribution in [0.25, 0.3) is 0 Å². The van der Waals surface area contributed by atoms with Gasteiger partial charge in [0.1, 0.15) is 0 Å². The van der Waals surface area contributed by atoms with Crippen LogP contribution in [0.5, 0.6) is 0 Å². The highest BCUT2D eigenvalue weighted by atomic mass is 15.3. The summed E-state index contributed by atoms with van der Waals surface area (Å²) in [5, 5.41) is 4.33. The standard InChI is InChI=1S/C10H17N3/c1-10(2)6-7(10)9(11)8-4-5-13(3)12-8/h4-5,7,9H,6,11H2,1-3H3. The van der Waals surface area contributed by atoms with Gasteiger partial charge in [-0.05, 0) is 23.8 Å². The van der Waals surface area contributed by atoms with Crippen LogP contribution < -0.4 is 5.73 Å². The molecule has 0 aliphatic heterocycles. The molecule has 13 heavy (non-hydrogen) atoms.